The van der Waals surface area contributed by atoms with Crippen LogP contribution in [0.1, 0.15) is 10.4 Å². The number of nitrogens with two attached hydrogens (primary N) is 1. The van der Waals surface area contributed by atoms with E-state index in [-0.39, 0.29) is 5.91 Å². The number of carbonyl (C=O) groups is 1. The standard InChI is InChI=1S/C13H11BrN2OS/c14-9-5-11(18-7-9)6-16-12-2-1-10(15)3-8(12)4-13(16)17/h1-3,5,7H,4,6,15H2. The van der Waals surface area contributed by atoms with Gasteiger partial charge < -0.3 is 10.6 Å². The van der Waals surface area contributed by atoms with Crippen molar-refractivity contribution in [2.24, 2.45) is 0 Å². The van der Waals surface area contributed by atoms with Gasteiger partial charge in [-0.1, -0.05) is 0 Å². The fraction of sp³-hybridized carbons (Fsp3) is 0.154. The Bertz CT molecular complexity index is 623. The van der Waals surface area contributed by atoms with Gasteiger partial charge in [0, 0.05) is 26.1 Å². The van der Waals surface area contributed by atoms with Crippen molar-refractivity contribution in [1.82, 2.24) is 0 Å². The van der Waals surface area contributed by atoms with Crippen molar-refractivity contribution in [3.05, 3.63) is 44.6 Å². The first-order valence-corrected chi connectivity index (χ1v) is 7.22. The molecule has 0 bridgehead atoms. The number of amides is 1. The molecule has 0 radical (unpaired) electrons. The molecular weight excluding hydrogens is 312 g/mol. The maximum Gasteiger partial charge on any atom is 0.231 e. The van der Waals surface area contributed by atoms with Crippen molar-refractivity contribution in [2.45, 2.75) is 13.0 Å². The summed E-state index contributed by atoms with van der Waals surface area (Å²) in [5.74, 6) is 0.139. The highest BCUT2D eigenvalue weighted by molar-refractivity contribution is 9.10. The van der Waals surface area contributed by atoms with Crippen LogP contribution in [0.4, 0.5) is 11.4 Å². The molecule has 0 unspecified atom stereocenters. The maximum absolute atomic E-state index is 12.0. The Hall–Kier alpha value is -1.33. The van der Waals surface area contributed by atoms with E-state index < -0.39 is 0 Å². The van der Waals surface area contributed by atoms with Crippen LogP contribution in [0.15, 0.2) is 34.1 Å². The molecule has 0 fully saturated rings. The number of fused-ring (bicyclic) bond motifs is 1. The van der Waals surface area contributed by atoms with E-state index in [4.69, 9.17) is 5.73 Å². The monoisotopic (exact) mass is 322 g/mol. The average Bonchev–Trinajstić information content (AvgIpc) is 2.84. The number of nitrogens with zero attached hydrogens (tertiary/aromatic N) is 1. The van der Waals surface area contributed by atoms with Gasteiger partial charge in [0.2, 0.25) is 5.91 Å². The van der Waals surface area contributed by atoms with E-state index in [9.17, 15) is 4.79 Å². The quantitative estimate of drug-likeness (QED) is 0.863. The lowest BCUT2D eigenvalue weighted by atomic mass is 10.1. The van der Waals surface area contributed by atoms with Crippen molar-refractivity contribution in [3.63, 3.8) is 0 Å². The number of halogens is 1. The lowest BCUT2D eigenvalue weighted by Crippen LogP contribution is -2.25. The summed E-state index contributed by atoms with van der Waals surface area (Å²) in [7, 11) is 0. The molecule has 2 N–H and O–H groups in total. The Labute approximate surface area is 117 Å². The molecule has 1 aliphatic rings. The Morgan fingerprint density at radius 1 is 1.39 bits per heavy atom. The van der Waals surface area contributed by atoms with Crippen LogP contribution in [0.2, 0.25) is 0 Å². The summed E-state index contributed by atoms with van der Waals surface area (Å²) in [6.45, 7) is 0.631. The van der Waals surface area contributed by atoms with Crippen LogP contribution in [0, 0.1) is 0 Å². The van der Waals surface area contributed by atoms with E-state index in [1.54, 1.807) is 11.3 Å². The van der Waals surface area contributed by atoms with E-state index in [1.165, 1.54) is 4.88 Å². The topological polar surface area (TPSA) is 46.3 Å². The van der Waals surface area contributed by atoms with Gasteiger partial charge >= 0.3 is 0 Å². The van der Waals surface area contributed by atoms with Crippen molar-refractivity contribution >= 4 is 44.5 Å². The van der Waals surface area contributed by atoms with E-state index in [0.717, 1.165) is 15.7 Å². The molecule has 1 amide bonds. The predicted octanol–water partition coefficient (Wildman–Crippen LogP) is 3.18. The average molecular weight is 323 g/mol. The first-order chi connectivity index (χ1) is 8.63. The molecule has 0 saturated carbocycles. The summed E-state index contributed by atoms with van der Waals surface area (Å²) >= 11 is 5.08. The normalized spacial score (nSPS) is 14.1. The number of hydrogen-bond donors (Lipinski definition) is 1. The smallest absolute Gasteiger partial charge is 0.231 e. The Morgan fingerprint density at radius 3 is 2.94 bits per heavy atom. The second kappa shape index (κ2) is 4.40. The van der Waals surface area contributed by atoms with Crippen LogP contribution < -0.4 is 10.6 Å². The molecule has 0 aliphatic carbocycles. The minimum atomic E-state index is 0.139. The summed E-state index contributed by atoms with van der Waals surface area (Å²) in [6, 6.07) is 7.71. The third kappa shape index (κ3) is 2.04. The number of rotatable bonds is 2. The van der Waals surface area contributed by atoms with E-state index in [1.807, 2.05) is 34.5 Å². The number of anilines is 2. The van der Waals surface area contributed by atoms with Gasteiger partial charge in [-0.05, 0) is 45.8 Å². The number of hydrogen-bond acceptors (Lipinski definition) is 3. The minimum Gasteiger partial charge on any atom is -0.399 e. The van der Waals surface area contributed by atoms with Crippen molar-refractivity contribution < 1.29 is 4.79 Å². The van der Waals surface area contributed by atoms with Gasteiger partial charge in [-0.3, -0.25) is 4.79 Å². The van der Waals surface area contributed by atoms with Crippen molar-refractivity contribution in [3.8, 4) is 0 Å². The molecule has 0 saturated heterocycles. The second-order valence-corrected chi connectivity index (χ2v) is 6.19. The Kier molecular flexibility index (Phi) is 2.87. The van der Waals surface area contributed by atoms with Gasteiger partial charge in [0.25, 0.3) is 0 Å². The molecule has 1 aliphatic heterocycles. The molecule has 2 heterocycles. The first-order valence-electron chi connectivity index (χ1n) is 5.55. The molecule has 1 aromatic carbocycles. The van der Waals surface area contributed by atoms with Gasteiger partial charge in [0.1, 0.15) is 0 Å². The number of carbonyl (C=O) groups excluding carboxylic acids is 1. The number of benzene rings is 1. The van der Waals surface area contributed by atoms with Gasteiger partial charge in [-0.15, -0.1) is 11.3 Å². The highest BCUT2D eigenvalue weighted by Gasteiger charge is 2.27. The largest absolute Gasteiger partial charge is 0.399 e. The zero-order chi connectivity index (χ0) is 12.7. The van der Waals surface area contributed by atoms with Gasteiger partial charge in [-0.2, -0.15) is 0 Å². The third-order valence-electron chi connectivity index (χ3n) is 2.97. The molecule has 1 aromatic heterocycles. The molecule has 5 heteroatoms. The third-order valence-corrected chi connectivity index (χ3v) is 4.66. The second-order valence-electron chi connectivity index (χ2n) is 4.28. The van der Waals surface area contributed by atoms with Crippen molar-refractivity contribution in [2.75, 3.05) is 10.6 Å². The van der Waals surface area contributed by atoms with Crippen LogP contribution in [-0.2, 0) is 17.8 Å². The molecule has 0 spiro atoms. The molecule has 0 atom stereocenters. The summed E-state index contributed by atoms with van der Waals surface area (Å²) < 4.78 is 1.06. The minimum absolute atomic E-state index is 0.139. The summed E-state index contributed by atoms with van der Waals surface area (Å²) in [5.41, 5.74) is 8.46. The van der Waals surface area contributed by atoms with E-state index >= 15 is 0 Å². The molecule has 3 nitrogen and oxygen atoms in total. The maximum atomic E-state index is 12.0. The molecule has 2 aromatic rings. The van der Waals surface area contributed by atoms with Crippen molar-refractivity contribution in [1.29, 1.82) is 0 Å². The zero-order valence-electron chi connectivity index (χ0n) is 9.52. The first kappa shape index (κ1) is 11.7. The van der Waals surface area contributed by atoms with E-state index in [2.05, 4.69) is 15.9 Å². The van der Waals surface area contributed by atoms with Crippen LogP contribution in [0.5, 0.6) is 0 Å². The van der Waals surface area contributed by atoms with Gasteiger partial charge in [-0.25, -0.2) is 0 Å². The highest BCUT2D eigenvalue weighted by atomic mass is 79.9. The lowest BCUT2D eigenvalue weighted by Gasteiger charge is -2.16. The summed E-state index contributed by atoms with van der Waals surface area (Å²) in [5, 5.41) is 2.03. The summed E-state index contributed by atoms with van der Waals surface area (Å²) in [6.07, 6.45) is 0.451. The zero-order valence-corrected chi connectivity index (χ0v) is 11.9. The van der Waals surface area contributed by atoms with Crippen LogP contribution in [0.3, 0.4) is 0 Å². The Balaban J connectivity index is 1.92. The summed E-state index contributed by atoms with van der Waals surface area (Å²) in [4.78, 5) is 15.0. The lowest BCUT2D eigenvalue weighted by molar-refractivity contribution is -0.117. The predicted molar refractivity (Wildman–Crippen MR) is 77.8 cm³/mol. The number of thiophene rings is 1. The van der Waals surface area contributed by atoms with Gasteiger partial charge in [0.15, 0.2) is 0 Å². The molecule has 92 valence electrons. The molecular formula is C13H11BrN2OS. The molecule has 3 rings (SSSR count). The van der Waals surface area contributed by atoms with Gasteiger partial charge in [0.05, 0.1) is 13.0 Å². The molecule has 18 heavy (non-hydrogen) atoms. The van der Waals surface area contributed by atoms with E-state index in [0.29, 0.717) is 18.7 Å². The number of nitrogen functional groups attached to an aromatic ring is 1. The van der Waals surface area contributed by atoms with Crippen LogP contribution >= 0.6 is 27.3 Å². The Morgan fingerprint density at radius 2 is 2.22 bits per heavy atom. The van der Waals surface area contributed by atoms with Crippen LogP contribution in [0.25, 0.3) is 0 Å². The highest BCUT2D eigenvalue weighted by Crippen LogP contribution is 2.33. The fourth-order valence-electron chi connectivity index (χ4n) is 2.17. The fourth-order valence-corrected chi connectivity index (χ4v) is 3.61. The SMILES string of the molecule is Nc1ccc2c(c1)CC(=O)N2Cc1cc(Br)cs1. The van der Waals surface area contributed by atoms with Crippen LogP contribution in [-0.4, -0.2) is 5.91 Å².